The highest BCUT2D eigenvalue weighted by Gasteiger charge is 2.64. The lowest BCUT2D eigenvalue weighted by Crippen LogP contribution is -2.64. The number of hydrogen-bond acceptors (Lipinski definition) is 10. The molecule has 0 bridgehead atoms. The first-order valence-corrected chi connectivity index (χ1v) is 22.1. The summed E-state index contributed by atoms with van der Waals surface area (Å²) in [4.78, 5) is 59.4. The van der Waals surface area contributed by atoms with E-state index in [0.717, 1.165) is 11.1 Å². The molecule has 0 heterocycles. The maximum atomic E-state index is 15.1. The summed E-state index contributed by atoms with van der Waals surface area (Å²) in [5.41, 5.74) is 3.00. The first-order valence-electron chi connectivity index (χ1n) is 22.1. The summed E-state index contributed by atoms with van der Waals surface area (Å²) in [5.74, 6) is -6.18. The predicted molar refractivity (Wildman–Crippen MR) is 252 cm³/mol. The summed E-state index contributed by atoms with van der Waals surface area (Å²) < 4.78 is 33.9. The number of nitrogens with zero attached hydrogens (tertiary/aromatic N) is 2. The quantitative estimate of drug-likeness (QED) is 0.0665. The summed E-state index contributed by atoms with van der Waals surface area (Å²) in [7, 11) is 6.10. The van der Waals surface area contributed by atoms with Crippen LogP contribution in [0.25, 0.3) is 0 Å². The number of para-hydroxylation sites is 2. The molecule has 1 saturated carbocycles. The highest BCUT2D eigenvalue weighted by molar-refractivity contribution is 5.99. The highest BCUT2D eigenvalue weighted by atomic mass is 16.5. The Balaban J connectivity index is 1.21. The van der Waals surface area contributed by atoms with Crippen LogP contribution < -0.4 is 28.4 Å². The fraction of sp³-hybridized carbons (Fsp3) is 0.259. The molecule has 2 N–H and O–H groups in total. The van der Waals surface area contributed by atoms with E-state index in [9.17, 15) is 19.8 Å². The van der Waals surface area contributed by atoms with Crippen molar-refractivity contribution in [2.75, 3.05) is 41.5 Å². The van der Waals surface area contributed by atoms with Crippen LogP contribution in [0.3, 0.4) is 0 Å². The number of aliphatic carboxylic acids is 2. The lowest BCUT2D eigenvalue weighted by atomic mass is 9.55. The van der Waals surface area contributed by atoms with E-state index in [0.29, 0.717) is 70.0 Å². The van der Waals surface area contributed by atoms with Crippen LogP contribution in [-0.4, -0.2) is 85.3 Å². The van der Waals surface area contributed by atoms with Crippen molar-refractivity contribution in [3.05, 3.63) is 168 Å². The molecule has 14 heteroatoms. The van der Waals surface area contributed by atoms with Gasteiger partial charge in [0.2, 0.25) is 11.8 Å². The summed E-state index contributed by atoms with van der Waals surface area (Å²) in [6.45, 7) is 0.246. The van der Waals surface area contributed by atoms with Crippen LogP contribution in [0.4, 0.5) is 0 Å². The van der Waals surface area contributed by atoms with Crippen molar-refractivity contribution in [2.45, 2.75) is 25.9 Å². The molecule has 6 aromatic rings. The molecule has 1 aliphatic rings. The highest BCUT2D eigenvalue weighted by Crippen LogP contribution is 2.49. The molecular formula is C54H54N2O12. The molecule has 0 spiro atoms. The van der Waals surface area contributed by atoms with Crippen molar-refractivity contribution in [2.24, 2.45) is 23.7 Å². The summed E-state index contributed by atoms with van der Waals surface area (Å²) in [6.07, 6.45) is 0.627. The van der Waals surface area contributed by atoms with Crippen LogP contribution >= 0.6 is 0 Å². The largest absolute Gasteiger partial charge is 0.493 e. The lowest BCUT2D eigenvalue weighted by Gasteiger charge is -2.48. The van der Waals surface area contributed by atoms with Gasteiger partial charge in [0.1, 0.15) is 23.0 Å². The number of ether oxygens (including phenoxy) is 6. The molecule has 2 amide bonds. The minimum absolute atomic E-state index is 0.0274. The van der Waals surface area contributed by atoms with E-state index in [1.165, 1.54) is 38.2 Å². The van der Waals surface area contributed by atoms with Gasteiger partial charge in [0, 0.05) is 26.2 Å². The number of carbonyl (C=O) groups excluding carboxylic acids is 2. The zero-order valence-electron chi connectivity index (χ0n) is 38.3. The fourth-order valence-electron chi connectivity index (χ4n) is 8.55. The number of methoxy groups -OCH3 is 4. The van der Waals surface area contributed by atoms with Gasteiger partial charge in [-0.2, -0.15) is 0 Å². The second kappa shape index (κ2) is 22.5. The van der Waals surface area contributed by atoms with Gasteiger partial charge in [-0.3, -0.25) is 19.2 Å². The molecule has 0 aromatic heterocycles. The van der Waals surface area contributed by atoms with Crippen LogP contribution in [0.2, 0.25) is 0 Å². The molecule has 4 atom stereocenters. The van der Waals surface area contributed by atoms with Gasteiger partial charge >= 0.3 is 11.9 Å². The van der Waals surface area contributed by atoms with Crippen molar-refractivity contribution < 1.29 is 57.8 Å². The van der Waals surface area contributed by atoms with Gasteiger partial charge in [0.25, 0.3) is 0 Å². The van der Waals surface area contributed by atoms with Crippen LogP contribution in [0.1, 0.15) is 22.3 Å². The van der Waals surface area contributed by atoms with E-state index in [2.05, 4.69) is 0 Å². The molecule has 0 aliphatic heterocycles. The zero-order valence-corrected chi connectivity index (χ0v) is 38.3. The number of hydrogen-bond donors (Lipinski definition) is 2. The average Bonchev–Trinajstić information content (AvgIpc) is 3.34. The predicted octanol–water partition coefficient (Wildman–Crippen LogP) is 8.80. The molecule has 6 aromatic carbocycles. The molecule has 68 heavy (non-hydrogen) atoms. The Kier molecular flexibility index (Phi) is 15.8. The molecular weight excluding hydrogens is 869 g/mol. The van der Waals surface area contributed by atoms with E-state index in [1.807, 2.05) is 72.8 Å². The maximum absolute atomic E-state index is 15.1. The van der Waals surface area contributed by atoms with Gasteiger partial charge in [0.15, 0.2) is 23.0 Å². The van der Waals surface area contributed by atoms with Gasteiger partial charge in [0.05, 0.1) is 52.1 Å². The lowest BCUT2D eigenvalue weighted by molar-refractivity contribution is -0.187. The van der Waals surface area contributed by atoms with Crippen molar-refractivity contribution in [1.82, 2.24) is 9.80 Å². The summed E-state index contributed by atoms with van der Waals surface area (Å²) in [5, 5.41) is 21.3. The third kappa shape index (κ3) is 11.5. The van der Waals surface area contributed by atoms with Gasteiger partial charge in [-0.05, 0) is 108 Å². The van der Waals surface area contributed by atoms with Gasteiger partial charge in [-0.25, -0.2) is 0 Å². The molecule has 4 unspecified atom stereocenters. The van der Waals surface area contributed by atoms with E-state index in [4.69, 9.17) is 28.4 Å². The van der Waals surface area contributed by atoms with Gasteiger partial charge in [-0.1, -0.05) is 72.8 Å². The zero-order chi connectivity index (χ0) is 48.2. The van der Waals surface area contributed by atoms with Crippen molar-refractivity contribution in [3.63, 3.8) is 0 Å². The summed E-state index contributed by atoms with van der Waals surface area (Å²) in [6, 6.07) is 43.6. The number of carboxylic acid groups (broad SMARTS) is 2. The summed E-state index contributed by atoms with van der Waals surface area (Å²) >= 11 is 0. The second-order valence-corrected chi connectivity index (χ2v) is 16.3. The number of amides is 2. The first kappa shape index (κ1) is 47.9. The molecule has 1 aliphatic carbocycles. The van der Waals surface area contributed by atoms with Gasteiger partial charge < -0.3 is 48.4 Å². The van der Waals surface area contributed by atoms with Crippen molar-refractivity contribution >= 4 is 23.8 Å². The van der Waals surface area contributed by atoms with Crippen LogP contribution in [-0.2, 0) is 45.1 Å². The molecule has 0 saturated heterocycles. The van der Waals surface area contributed by atoms with Crippen LogP contribution in [0, 0.1) is 23.7 Å². The second-order valence-electron chi connectivity index (χ2n) is 16.3. The topological polar surface area (TPSA) is 171 Å². The minimum Gasteiger partial charge on any atom is -0.493 e. The molecule has 352 valence electrons. The maximum Gasteiger partial charge on any atom is 0.308 e. The van der Waals surface area contributed by atoms with Crippen LogP contribution in [0.5, 0.6) is 46.0 Å². The number of carboxylic acids is 2. The Morgan fingerprint density at radius 2 is 0.735 bits per heavy atom. The molecule has 14 nitrogen and oxygen atoms in total. The van der Waals surface area contributed by atoms with Crippen molar-refractivity contribution in [1.29, 1.82) is 0 Å². The molecule has 0 radical (unpaired) electrons. The van der Waals surface area contributed by atoms with Crippen molar-refractivity contribution in [3.8, 4) is 46.0 Å². The normalized spacial score (nSPS) is 16.1. The van der Waals surface area contributed by atoms with E-state index >= 15 is 9.59 Å². The number of benzene rings is 6. The van der Waals surface area contributed by atoms with E-state index in [1.54, 1.807) is 72.8 Å². The minimum atomic E-state index is -1.68. The standard InChI is InChI=1S/C54H54N2O12/c1-63-43-25-19-35(31-45(43)65-3)27-29-55(33-37-15-21-41(22-16-37)67-39-11-7-5-8-12-39)51(57)47-48(50(54(61)62)49(47)53(59)60)52(58)56(30-28-36-20-26-44(64-2)46(32-36)66-4)34-38-17-23-42(24-18-38)68-40-13-9-6-10-14-40/h5-26,31-32,47-50H,27-30,33-34H2,1-4H3,(H,59,60)(H,61,62). The smallest absolute Gasteiger partial charge is 0.308 e. The Morgan fingerprint density at radius 3 is 1.06 bits per heavy atom. The monoisotopic (exact) mass is 922 g/mol. The Morgan fingerprint density at radius 1 is 0.412 bits per heavy atom. The van der Waals surface area contributed by atoms with E-state index in [-0.39, 0.29) is 26.2 Å². The SMILES string of the molecule is COc1ccc(CCN(Cc2ccc(Oc3ccccc3)cc2)C(=O)C2C(C(=O)O)C(C(=O)O)C2C(=O)N(CCc2ccc(OC)c(OC)c2)Cc2ccc(Oc3ccccc3)cc2)cc1OC. The number of rotatable bonds is 22. The average molecular weight is 923 g/mol. The first-order chi connectivity index (χ1) is 33.0. The van der Waals surface area contributed by atoms with E-state index < -0.39 is 47.4 Å². The molecule has 7 rings (SSSR count). The number of carbonyl (C=O) groups is 4. The Labute approximate surface area is 395 Å². The molecule has 1 fully saturated rings. The fourth-order valence-corrected chi connectivity index (χ4v) is 8.55. The van der Waals surface area contributed by atoms with Gasteiger partial charge in [-0.15, -0.1) is 0 Å². The Bertz CT molecular complexity index is 2480. The third-order valence-electron chi connectivity index (χ3n) is 12.1. The van der Waals surface area contributed by atoms with Crippen LogP contribution in [0.15, 0.2) is 146 Å². The third-order valence-corrected chi connectivity index (χ3v) is 12.1. The Hall–Kier alpha value is -8.00.